The van der Waals surface area contributed by atoms with Gasteiger partial charge in [0.1, 0.15) is 24.4 Å². The van der Waals surface area contributed by atoms with Crippen molar-refractivity contribution in [3.63, 3.8) is 0 Å². The highest BCUT2D eigenvalue weighted by Gasteiger charge is 2.45. The van der Waals surface area contributed by atoms with Gasteiger partial charge in [-0.3, -0.25) is 0 Å². The Bertz CT molecular complexity index is 928. The van der Waals surface area contributed by atoms with Gasteiger partial charge in [-0.2, -0.15) is 0 Å². The molecular formula is C24H34O10. The van der Waals surface area contributed by atoms with E-state index in [4.69, 9.17) is 9.47 Å². The standard InChI is InChI=1S/C24H34O10/c1-11(2)5-7-13-9-15(18(27)23(31)32)14(8-6-12(3)4)17(26)22(13)34-24-21(30)20(29)19(28)16(10-25)33-24/h5-6,9,16,18-21,24-30H,7-8,10H2,1-4H3,(H,31,32). The molecule has 6 unspecified atom stereocenters. The van der Waals surface area contributed by atoms with Gasteiger partial charge in [0.25, 0.3) is 0 Å². The Labute approximate surface area is 198 Å². The fourth-order valence-electron chi connectivity index (χ4n) is 3.54. The predicted octanol–water partition coefficient (Wildman–Crippen LogP) is 0.706. The van der Waals surface area contributed by atoms with Crippen molar-refractivity contribution in [3.05, 3.63) is 46.1 Å². The second-order valence-corrected chi connectivity index (χ2v) is 8.81. The van der Waals surface area contributed by atoms with Crippen molar-refractivity contribution in [1.82, 2.24) is 0 Å². The third-order valence-electron chi connectivity index (χ3n) is 5.53. The molecule has 10 nitrogen and oxygen atoms in total. The number of aromatic hydroxyl groups is 1. The molecule has 1 aromatic carbocycles. The van der Waals surface area contributed by atoms with Crippen LogP contribution in [0.15, 0.2) is 29.4 Å². The number of rotatable bonds is 9. The van der Waals surface area contributed by atoms with Crippen LogP contribution in [0.1, 0.15) is 50.5 Å². The number of phenolic OH excluding ortho intramolecular Hbond substituents is 1. The molecule has 2 rings (SSSR count). The molecule has 1 aromatic rings. The van der Waals surface area contributed by atoms with Gasteiger partial charge in [-0.25, -0.2) is 4.79 Å². The number of aliphatic hydroxyl groups excluding tert-OH is 5. The van der Waals surface area contributed by atoms with Crippen molar-refractivity contribution in [2.45, 2.75) is 77.3 Å². The molecule has 0 spiro atoms. The smallest absolute Gasteiger partial charge is 0.337 e. The lowest BCUT2D eigenvalue weighted by Crippen LogP contribution is -2.60. The first-order valence-electron chi connectivity index (χ1n) is 10.9. The molecule has 1 saturated heterocycles. The first kappa shape index (κ1) is 27.8. The quantitative estimate of drug-likeness (QED) is 0.248. The second kappa shape index (κ2) is 11.8. The minimum Gasteiger partial charge on any atom is -0.504 e. The number of carboxylic acids is 1. The van der Waals surface area contributed by atoms with E-state index in [1.54, 1.807) is 12.2 Å². The van der Waals surface area contributed by atoms with Gasteiger partial charge in [-0.05, 0) is 52.2 Å². The lowest BCUT2D eigenvalue weighted by atomic mass is 9.93. The van der Waals surface area contributed by atoms with E-state index >= 15 is 0 Å². The van der Waals surface area contributed by atoms with Crippen LogP contribution < -0.4 is 4.74 Å². The molecule has 7 N–H and O–H groups in total. The van der Waals surface area contributed by atoms with Crippen LogP contribution in [-0.2, 0) is 22.4 Å². The molecule has 1 aliphatic heterocycles. The van der Waals surface area contributed by atoms with Crippen LogP contribution in [0.5, 0.6) is 11.5 Å². The molecule has 1 fully saturated rings. The number of hydrogen-bond donors (Lipinski definition) is 7. The van der Waals surface area contributed by atoms with E-state index in [0.717, 1.165) is 11.1 Å². The lowest BCUT2D eigenvalue weighted by molar-refractivity contribution is -0.277. The van der Waals surface area contributed by atoms with E-state index < -0.39 is 55.1 Å². The zero-order chi connectivity index (χ0) is 25.7. The SMILES string of the molecule is CC(C)=CCc1cc(C(O)C(=O)O)c(CC=C(C)C)c(O)c1OC1OC(CO)C(O)C(O)C1O. The third kappa shape index (κ3) is 6.35. The largest absolute Gasteiger partial charge is 0.504 e. The molecule has 6 atom stereocenters. The fraction of sp³-hybridized carbons (Fsp3) is 0.542. The van der Waals surface area contributed by atoms with Gasteiger partial charge in [0.05, 0.1) is 6.61 Å². The molecule has 0 amide bonds. The number of hydrogen-bond acceptors (Lipinski definition) is 9. The van der Waals surface area contributed by atoms with Gasteiger partial charge >= 0.3 is 5.97 Å². The maximum atomic E-state index is 11.5. The average Bonchev–Trinajstić information content (AvgIpc) is 2.77. The molecule has 0 saturated carbocycles. The van der Waals surface area contributed by atoms with E-state index in [-0.39, 0.29) is 29.7 Å². The van der Waals surface area contributed by atoms with Crippen LogP contribution in [0, 0.1) is 0 Å². The number of carbonyl (C=O) groups is 1. The predicted molar refractivity (Wildman–Crippen MR) is 121 cm³/mol. The van der Waals surface area contributed by atoms with Crippen molar-refractivity contribution < 1.29 is 50.0 Å². The highest BCUT2D eigenvalue weighted by atomic mass is 16.7. The molecule has 0 radical (unpaired) electrons. The summed E-state index contributed by atoms with van der Waals surface area (Å²) in [5, 5.41) is 70.8. The molecule has 10 heteroatoms. The zero-order valence-electron chi connectivity index (χ0n) is 19.7. The minimum atomic E-state index is -1.90. The summed E-state index contributed by atoms with van der Waals surface area (Å²) in [7, 11) is 0. The first-order chi connectivity index (χ1) is 15.9. The number of benzene rings is 1. The van der Waals surface area contributed by atoms with Crippen molar-refractivity contribution in [1.29, 1.82) is 0 Å². The van der Waals surface area contributed by atoms with E-state index in [1.807, 2.05) is 27.7 Å². The normalized spacial score (nSPS) is 25.4. The first-order valence-corrected chi connectivity index (χ1v) is 10.9. The van der Waals surface area contributed by atoms with Crippen LogP contribution >= 0.6 is 0 Å². The maximum absolute atomic E-state index is 11.5. The molecular weight excluding hydrogens is 448 g/mol. The maximum Gasteiger partial charge on any atom is 0.337 e. The van der Waals surface area contributed by atoms with Crippen LogP contribution in [0.4, 0.5) is 0 Å². The summed E-state index contributed by atoms with van der Waals surface area (Å²) >= 11 is 0. The highest BCUT2D eigenvalue weighted by molar-refractivity contribution is 5.76. The van der Waals surface area contributed by atoms with Gasteiger partial charge in [0.15, 0.2) is 17.6 Å². The van der Waals surface area contributed by atoms with Crippen molar-refractivity contribution in [2.75, 3.05) is 6.61 Å². The molecule has 0 aliphatic carbocycles. The van der Waals surface area contributed by atoms with Gasteiger partial charge in [0, 0.05) is 11.1 Å². The molecule has 0 bridgehead atoms. The van der Waals surface area contributed by atoms with E-state index in [0.29, 0.717) is 5.56 Å². The summed E-state index contributed by atoms with van der Waals surface area (Å²) in [6.45, 7) is 6.66. The lowest BCUT2D eigenvalue weighted by Gasteiger charge is -2.40. The molecule has 190 valence electrons. The highest BCUT2D eigenvalue weighted by Crippen LogP contribution is 2.41. The Morgan fingerprint density at radius 3 is 2.18 bits per heavy atom. The van der Waals surface area contributed by atoms with E-state index in [1.165, 1.54) is 6.07 Å². The van der Waals surface area contributed by atoms with Gasteiger partial charge in [-0.15, -0.1) is 0 Å². The number of ether oxygens (including phenoxy) is 2. The summed E-state index contributed by atoms with van der Waals surface area (Å²) in [6, 6.07) is 1.41. The van der Waals surface area contributed by atoms with Crippen LogP contribution in [-0.4, -0.2) is 79.0 Å². The minimum absolute atomic E-state index is 0.0131. The molecule has 34 heavy (non-hydrogen) atoms. The number of allylic oxidation sites excluding steroid dienone is 4. The summed E-state index contributed by atoms with van der Waals surface area (Å²) in [5.41, 5.74) is 2.21. The number of aliphatic carboxylic acids is 1. The van der Waals surface area contributed by atoms with Crippen LogP contribution in [0.2, 0.25) is 0 Å². The summed E-state index contributed by atoms with van der Waals surface area (Å²) in [6.07, 6.45) is -5.85. The van der Waals surface area contributed by atoms with Crippen molar-refractivity contribution in [2.24, 2.45) is 0 Å². The Hall–Kier alpha value is -2.47. The Morgan fingerprint density at radius 2 is 1.65 bits per heavy atom. The van der Waals surface area contributed by atoms with Gasteiger partial charge in [-0.1, -0.05) is 23.3 Å². The monoisotopic (exact) mass is 482 g/mol. The Balaban J connectivity index is 2.65. The molecule has 1 heterocycles. The van der Waals surface area contributed by atoms with Crippen LogP contribution in [0.25, 0.3) is 0 Å². The Kier molecular flexibility index (Phi) is 9.63. The topological polar surface area (TPSA) is 177 Å². The molecule has 1 aliphatic rings. The van der Waals surface area contributed by atoms with E-state index in [9.17, 15) is 40.5 Å². The zero-order valence-corrected chi connectivity index (χ0v) is 19.7. The number of phenols is 1. The van der Waals surface area contributed by atoms with Crippen molar-refractivity contribution in [3.8, 4) is 11.5 Å². The van der Waals surface area contributed by atoms with Crippen molar-refractivity contribution >= 4 is 5.97 Å². The molecule has 0 aromatic heterocycles. The Morgan fingerprint density at radius 1 is 1.06 bits per heavy atom. The third-order valence-corrected chi connectivity index (χ3v) is 5.53. The average molecular weight is 483 g/mol. The summed E-state index contributed by atoms with van der Waals surface area (Å²) in [4.78, 5) is 11.5. The summed E-state index contributed by atoms with van der Waals surface area (Å²) in [5.74, 6) is -2.08. The number of aliphatic hydroxyl groups is 5. The van der Waals surface area contributed by atoms with Crippen LogP contribution in [0.3, 0.4) is 0 Å². The fourth-order valence-corrected chi connectivity index (χ4v) is 3.54. The van der Waals surface area contributed by atoms with Gasteiger partial charge < -0.3 is 45.2 Å². The summed E-state index contributed by atoms with van der Waals surface area (Å²) < 4.78 is 11.2. The second-order valence-electron chi connectivity index (χ2n) is 8.81. The van der Waals surface area contributed by atoms with Gasteiger partial charge in [0.2, 0.25) is 6.29 Å². The number of carboxylic acid groups (broad SMARTS) is 1. The van der Waals surface area contributed by atoms with E-state index in [2.05, 4.69) is 0 Å².